The number of carbonyl (C=O) groups excluding carboxylic acids is 1. The molecule has 9 nitrogen and oxygen atoms in total. The van der Waals surface area contributed by atoms with E-state index in [1.807, 2.05) is 32.0 Å². The van der Waals surface area contributed by atoms with Crippen molar-refractivity contribution in [2.75, 3.05) is 19.9 Å². The molecule has 10 heteroatoms. The third-order valence-corrected chi connectivity index (χ3v) is 7.19. The highest BCUT2D eigenvalue weighted by Gasteiger charge is 2.34. The summed E-state index contributed by atoms with van der Waals surface area (Å²) in [6.45, 7) is 5.01. The van der Waals surface area contributed by atoms with Crippen LogP contribution in [0.5, 0.6) is 11.5 Å². The predicted octanol–water partition coefficient (Wildman–Crippen LogP) is 1.91. The first kappa shape index (κ1) is 20.7. The van der Waals surface area contributed by atoms with E-state index in [4.69, 9.17) is 9.47 Å². The van der Waals surface area contributed by atoms with E-state index in [1.165, 1.54) is 10.6 Å². The van der Waals surface area contributed by atoms with Gasteiger partial charge in [-0.15, -0.1) is 0 Å². The number of carbonyl (C=O) groups is 1. The van der Waals surface area contributed by atoms with Crippen molar-refractivity contribution < 1.29 is 22.7 Å². The lowest BCUT2D eigenvalue weighted by Crippen LogP contribution is -2.45. The molecule has 0 spiro atoms. The molecule has 1 atom stereocenters. The number of hydrogen-bond acceptors (Lipinski definition) is 6. The van der Waals surface area contributed by atoms with Gasteiger partial charge in [0.05, 0.1) is 12.2 Å². The van der Waals surface area contributed by atoms with Gasteiger partial charge in [0.1, 0.15) is 0 Å². The third-order valence-electron chi connectivity index (χ3n) is 5.44. The molecule has 1 aromatic heterocycles. The number of piperidine rings is 1. The number of benzene rings is 1. The summed E-state index contributed by atoms with van der Waals surface area (Å²) in [5.41, 5.74) is 0.895. The molecule has 0 radical (unpaired) electrons. The van der Waals surface area contributed by atoms with Crippen molar-refractivity contribution in [2.24, 2.45) is 5.92 Å². The summed E-state index contributed by atoms with van der Waals surface area (Å²) in [7, 11) is -3.72. The first-order chi connectivity index (χ1) is 14.3. The topological polar surface area (TPSA) is 103 Å². The lowest BCUT2D eigenvalue weighted by molar-refractivity contribution is -0.126. The monoisotopic (exact) mass is 434 g/mol. The number of amides is 1. The minimum Gasteiger partial charge on any atom is -0.454 e. The van der Waals surface area contributed by atoms with Crippen LogP contribution in [0.25, 0.3) is 0 Å². The largest absolute Gasteiger partial charge is 0.454 e. The lowest BCUT2D eigenvalue weighted by atomic mass is 9.98. The number of aromatic nitrogens is 2. The Hall–Kier alpha value is -2.59. The molecule has 1 saturated heterocycles. The molecule has 1 fully saturated rings. The van der Waals surface area contributed by atoms with Crippen LogP contribution in [0.3, 0.4) is 0 Å². The van der Waals surface area contributed by atoms with Crippen molar-refractivity contribution in [2.45, 2.75) is 44.3 Å². The molecule has 4 rings (SSSR count). The van der Waals surface area contributed by atoms with Crippen LogP contribution in [-0.2, 0) is 21.4 Å². The van der Waals surface area contributed by atoms with Gasteiger partial charge in [-0.1, -0.05) is 6.07 Å². The zero-order valence-electron chi connectivity index (χ0n) is 17.1. The Labute approximate surface area is 176 Å². The number of hydrogen-bond donors (Lipinski definition) is 1. The molecule has 0 bridgehead atoms. The smallest absolute Gasteiger partial charge is 0.262 e. The highest BCUT2D eigenvalue weighted by molar-refractivity contribution is 7.89. The van der Waals surface area contributed by atoms with Crippen LogP contribution < -0.4 is 14.8 Å². The van der Waals surface area contributed by atoms with E-state index < -0.39 is 15.9 Å². The highest BCUT2D eigenvalue weighted by Crippen LogP contribution is 2.32. The molecule has 1 unspecified atom stereocenters. The number of ether oxygens (including phenoxy) is 2. The van der Waals surface area contributed by atoms with E-state index in [2.05, 4.69) is 10.3 Å². The van der Waals surface area contributed by atoms with E-state index in [-0.39, 0.29) is 30.3 Å². The Balaban J connectivity index is 1.38. The molecular formula is C20H26N4O5S. The first-order valence-corrected chi connectivity index (χ1v) is 11.5. The minimum atomic E-state index is -3.72. The average molecular weight is 435 g/mol. The quantitative estimate of drug-likeness (QED) is 0.745. The first-order valence-electron chi connectivity index (χ1n) is 10.0. The van der Waals surface area contributed by atoms with Gasteiger partial charge in [-0.25, -0.2) is 13.4 Å². The maximum atomic E-state index is 13.0. The molecule has 30 heavy (non-hydrogen) atoms. The fraction of sp³-hybridized carbons (Fsp3) is 0.500. The zero-order chi connectivity index (χ0) is 21.3. The molecule has 0 saturated carbocycles. The zero-order valence-corrected chi connectivity index (χ0v) is 17.9. The second kappa shape index (κ2) is 8.27. The van der Waals surface area contributed by atoms with Gasteiger partial charge in [0.25, 0.3) is 10.0 Å². The summed E-state index contributed by atoms with van der Waals surface area (Å²) in [6.07, 6.45) is 4.35. The summed E-state index contributed by atoms with van der Waals surface area (Å²) in [5.74, 6) is 0.811. The van der Waals surface area contributed by atoms with Gasteiger partial charge in [-0.2, -0.15) is 4.31 Å². The van der Waals surface area contributed by atoms with Crippen LogP contribution in [0.2, 0.25) is 0 Å². The van der Waals surface area contributed by atoms with E-state index in [9.17, 15) is 13.2 Å². The molecule has 1 aromatic carbocycles. The predicted molar refractivity (Wildman–Crippen MR) is 109 cm³/mol. The normalized spacial score (nSPS) is 19.2. The van der Waals surface area contributed by atoms with Crippen molar-refractivity contribution >= 4 is 15.9 Å². The van der Waals surface area contributed by atoms with Crippen molar-refractivity contribution in [1.29, 1.82) is 0 Å². The van der Waals surface area contributed by atoms with Crippen LogP contribution >= 0.6 is 0 Å². The second-order valence-corrected chi connectivity index (χ2v) is 9.75. The van der Waals surface area contributed by atoms with Gasteiger partial charge in [-0.3, -0.25) is 4.79 Å². The number of nitrogens with zero attached hydrogens (tertiary/aromatic N) is 3. The fourth-order valence-electron chi connectivity index (χ4n) is 3.62. The van der Waals surface area contributed by atoms with E-state index in [1.54, 1.807) is 10.8 Å². The SMILES string of the molecule is CC(C)n1cnc(S(=O)(=O)N2CCCC(C(=O)NCc3ccc4c(c3)OCO4)C2)c1. The molecule has 2 aliphatic rings. The number of nitrogens with one attached hydrogen (secondary N) is 1. The third kappa shape index (κ3) is 4.15. The Bertz CT molecular complexity index is 1030. The van der Waals surface area contributed by atoms with Crippen molar-refractivity contribution in [3.05, 3.63) is 36.3 Å². The van der Waals surface area contributed by atoms with E-state index in [0.717, 1.165) is 5.56 Å². The summed E-state index contributed by atoms with van der Waals surface area (Å²) in [4.78, 5) is 16.8. The highest BCUT2D eigenvalue weighted by atomic mass is 32.2. The minimum absolute atomic E-state index is 0.0256. The van der Waals surface area contributed by atoms with Crippen molar-refractivity contribution in [3.8, 4) is 11.5 Å². The second-order valence-electron chi connectivity index (χ2n) is 7.86. The fourth-order valence-corrected chi connectivity index (χ4v) is 5.07. The number of rotatable bonds is 6. The molecule has 1 N–H and O–H groups in total. The number of fused-ring (bicyclic) bond motifs is 1. The summed E-state index contributed by atoms with van der Waals surface area (Å²) in [6, 6.07) is 5.65. The van der Waals surface area contributed by atoms with Gasteiger partial charge >= 0.3 is 0 Å². The van der Waals surface area contributed by atoms with Crippen molar-refractivity contribution in [1.82, 2.24) is 19.2 Å². The van der Waals surface area contributed by atoms with Gasteiger partial charge < -0.3 is 19.4 Å². The van der Waals surface area contributed by atoms with Crippen LogP contribution in [0.15, 0.2) is 35.7 Å². The maximum Gasteiger partial charge on any atom is 0.262 e. The lowest BCUT2D eigenvalue weighted by Gasteiger charge is -2.30. The van der Waals surface area contributed by atoms with E-state index >= 15 is 0 Å². The Morgan fingerprint density at radius 1 is 1.30 bits per heavy atom. The van der Waals surface area contributed by atoms with E-state index in [0.29, 0.717) is 37.4 Å². The number of imidazole rings is 1. The molecule has 1 amide bonds. The van der Waals surface area contributed by atoms with Gasteiger partial charge in [0, 0.05) is 31.9 Å². The molecular weight excluding hydrogens is 408 g/mol. The standard InChI is InChI=1S/C20H26N4O5S/c1-14(2)23-11-19(22-12-23)30(26,27)24-7-3-4-16(10-24)20(25)21-9-15-5-6-17-18(8-15)29-13-28-17/h5-6,8,11-12,14,16H,3-4,7,9-10,13H2,1-2H3,(H,21,25). The van der Waals surface area contributed by atoms with Gasteiger partial charge in [0.15, 0.2) is 16.5 Å². The Morgan fingerprint density at radius 2 is 2.10 bits per heavy atom. The maximum absolute atomic E-state index is 13.0. The van der Waals surface area contributed by atoms with Gasteiger partial charge in [-0.05, 0) is 44.4 Å². The van der Waals surface area contributed by atoms with Crippen LogP contribution in [-0.4, -0.2) is 48.1 Å². The summed E-state index contributed by atoms with van der Waals surface area (Å²) >= 11 is 0. The van der Waals surface area contributed by atoms with Crippen molar-refractivity contribution in [3.63, 3.8) is 0 Å². The van der Waals surface area contributed by atoms with Crippen LogP contribution in [0.1, 0.15) is 38.3 Å². The molecule has 2 aliphatic heterocycles. The average Bonchev–Trinajstić information content (AvgIpc) is 3.41. The Morgan fingerprint density at radius 3 is 2.87 bits per heavy atom. The summed E-state index contributed by atoms with van der Waals surface area (Å²) in [5, 5.41) is 2.94. The molecule has 0 aliphatic carbocycles. The van der Waals surface area contributed by atoms with Gasteiger partial charge in [0.2, 0.25) is 12.7 Å². The summed E-state index contributed by atoms with van der Waals surface area (Å²) < 4.78 is 39.7. The number of sulfonamides is 1. The Kier molecular flexibility index (Phi) is 5.70. The molecule has 162 valence electrons. The molecule has 3 heterocycles. The van der Waals surface area contributed by atoms with Crippen LogP contribution in [0.4, 0.5) is 0 Å². The van der Waals surface area contributed by atoms with Crippen LogP contribution in [0, 0.1) is 5.92 Å². The molecule has 2 aromatic rings.